The minimum atomic E-state index is -0.124. The van der Waals surface area contributed by atoms with Crippen LogP contribution in [0.25, 0.3) is 0 Å². The van der Waals surface area contributed by atoms with E-state index < -0.39 is 0 Å². The molecule has 0 aromatic carbocycles. The fourth-order valence-electron chi connectivity index (χ4n) is 1.69. The third-order valence-corrected chi connectivity index (χ3v) is 3.78. The SMILES string of the molecule is Cc1nnc(NC(=O)CN[C@H](C)[C@H](C)n2cccn2)s1. The summed E-state index contributed by atoms with van der Waals surface area (Å²) < 4.78 is 1.86. The van der Waals surface area contributed by atoms with Crippen LogP contribution in [0.3, 0.4) is 0 Å². The molecule has 1 amide bonds. The number of amides is 1. The Labute approximate surface area is 121 Å². The highest BCUT2D eigenvalue weighted by molar-refractivity contribution is 7.15. The van der Waals surface area contributed by atoms with E-state index in [1.165, 1.54) is 11.3 Å². The van der Waals surface area contributed by atoms with Crippen LogP contribution in [0.1, 0.15) is 24.9 Å². The van der Waals surface area contributed by atoms with E-state index in [2.05, 4.69) is 32.9 Å². The quantitative estimate of drug-likeness (QED) is 0.837. The van der Waals surface area contributed by atoms with Crippen molar-refractivity contribution in [3.63, 3.8) is 0 Å². The highest BCUT2D eigenvalue weighted by Crippen LogP contribution is 2.13. The molecular weight excluding hydrogens is 276 g/mol. The van der Waals surface area contributed by atoms with Crippen LogP contribution >= 0.6 is 11.3 Å². The number of hydrogen-bond donors (Lipinski definition) is 2. The van der Waals surface area contributed by atoms with E-state index in [0.717, 1.165) is 5.01 Å². The fourth-order valence-corrected chi connectivity index (χ4v) is 2.29. The van der Waals surface area contributed by atoms with Crippen molar-refractivity contribution in [1.82, 2.24) is 25.3 Å². The van der Waals surface area contributed by atoms with Crippen molar-refractivity contribution in [2.45, 2.75) is 32.9 Å². The highest BCUT2D eigenvalue weighted by atomic mass is 32.1. The Hall–Kier alpha value is -1.80. The van der Waals surface area contributed by atoms with Gasteiger partial charge in [-0.05, 0) is 26.8 Å². The van der Waals surface area contributed by atoms with Crippen LogP contribution < -0.4 is 10.6 Å². The Morgan fingerprint density at radius 3 is 2.85 bits per heavy atom. The largest absolute Gasteiger partial charge is 0.304 e. The first-order valence-corrected chi connectivity index (χ1v) is 7.20. The number of anilines is 1. The van der Waals surface area contributed by atoms with Crippen LogP contribution in [-0.4, -0.2) is 38.5 Å². The van der Waals surface area contributed by atoms with Gasteiger partial charge in [-0.2, -0.15) is 5.10 Å². The van der Waals surface area contributed by atoms with Crippen LogP contribution in [0.15, 0.2) is 18.5 Å². The Bertz CT molecular complexity index is 552. The molecule has 0 aliphatic carbocycles. The van der Waals surface area contributed by atoms with E-state index in [4.69, 9.17) is 0 Å². The maximum atomic E-state index is 11.8. The van der Waals surface area contributed by atoms with Gasteiger partial charge in [0.05, 0.1) is 12.6 Å². The van der Waals surface area contributed by atoms with Crippen molar-refractivity contribution in [1.29, 1.82) is 0 Å². The number of nitrogens with zero attached hydrogens (tertiary/aromatic N) is 4. The molecule has 20 heavy (non-hydrogen) atoms. The first kappa shape index (κ1) is 14.6. The molecule has 0 bridgehead atoms. The molecule has 0 aliphatic heterocycles. The molecule has 0 spiro atoms. The lowest BCUT2D eigenvalue weighted by atomic mass is 10.2. The predicted octanol–water partition coefficient (Wildman–Crippen LogP) is 1.22. The van der Waals surface area contributed by atoms with E-state index in [0.29, 0.717) is 5.13 Å². The van der Waals surface area contributed by atoms with Gasteiger partial charge in [-0.3, -0.25) is 14.8 Å². The molecule has 0 unspecified atom stereocenters. The van der Waals surface area contributed by atoms with Gasteiger partial charge in [-0.25, -0.2) is 0 Å². The Kier molecular flexibility index (Phi) is 4.80. The summed E-state index contributed by atoms with van der Waals surface area (Å²) in [7, 11) is 0. The van der Waals surface area contributed by atoms with Gasteiger partial charge in [0.15, 0.2) is 0 Å². The first-order chi connectivity index (χ1) is 9.56. The zero-order chi connectivity index (χ0) is 14.5. The summed E-state index contributed by atoms with van der Waals surface area (Å²) in [4.78, 5) is 11.8. The molecule has 108 valence electrons. The second kappa shape index (κ2) is 6.58. The minimum Gasteiger partial charge on any atom is -0.304 e. The minimum absolute atomic E-state index is 0.122. The lowest BCUT2D eigenvalue weighted by Gasteiger charge is -2.21. The molecule has 0 aliphatic rings. The average Bonchev–Trinajstić information content (AvgIpc) is 3.07. The average molecular weight is 294 g/mol. The maximum Gasteiger partial charge on any atom is 0.240 e. The summed E-state index contributed by atoms with van der Waals surface area (Å²) >= 11 is 1.36. The Balaban J connectivity index is 1.78. The number of rotatable bonds is 6. The summed E-state index contributed by atoms with van der Waals surface area (Å²) in [5.41, 5.74) is 0. The van der Waals surface area contributed by atoms with Gasteiger partial charge in [0, 0.05) is 18.4 Å². The lowest BCUT2D eigenvalue weighted by molar-refractivity contribution is -0.115. The molecule has 2 heterocycles. The maximum absolute atomic E-state index is 11.8. The molecule has 8 heteroatoms. The van der Waals surface area contributed by atoms with Crippen molar-refractivity contribution < 1.29 is 4.79 Å². The normalized spacial score (nSPS) is 13.9. The smallest absolute Gasteiger partial charge is 0.240 e. The molecule has 0 fully saturated rings. The summed E-state index contributed by atoms with van der Waals surface area (Å²) in [6.07, 6.45) is 3.65. The van der Waals surface area contributed by atoms with Crippen molar-refractivity contribution in [2.24, 2.45) is 0 Å². The van der Waals surface area contributed by atoms with Gasteiger partial charge in [0.1, 0.15) is 5.01 Å². The molecule has 0 saturated heterocycles. The van der Waals surface area contributed by atoms with Gasteiger partial charge in [-0.1, -0.05) is 11.3 Å². The summed E-state index contributed by atoms with van der Waals surface area (Å²) in [5.74, 6) is -0.124. The molecule has 2 N–H and O–H groups in total. The summed E-state index contributed by atoms with van der Waals surface area (Å²) in [6.45, 7) is 6.15. The van der Waals surface area contributed by atoms with Crippen LogP contribution in [0.4, 0.5) is 5.13 Å². The monoisotopic (exact) mass is 294 g/mol. The third-order valence-electron chi connectivity index (χ3n) is 3.02. The number of nitrogens with one attached hydrogen (secondary N) is 2. The second-order valence-corrected chi connectivity index (χ2v) is 5.75. The molecule has 2 atom stereocenters. The van der Waals surface area contributed by atoms with Crippen molar-refractivity contribution in [2.75, 3.05) is 11.9 Å². The Morgan fingerprint density at radius 1 is 1.45 bits per heavy atom. The Morgan fingerprint density at radius 2 is 2.25 bits per heavy atom. The van der Waals surface area contributed by atoms with E-state index in [9.17, 15) is 4.79 Å². The number of carbonyl (C=O) groups is 1. The van der Waals surface area contributed by atoms with Crippen LogP contribution in [-0.2, 0) is 4.79 Å². The van der Waals surface area contributed by atoms with E-state index in [1.807, 2.05) is 30.8 Å². The van der Waals surface area contributed by atoms with Crippen molar-refractivity contribution >= 4 is 22.4 Å². The number of aryl methyl sites for hydroxylation is 1. The van der Waals surface area contributed by atoms with Gasteiger partial charge < -0.3 is 5.32 Å². The molecule has 2 aromatic heterocycles. The van der Waals surface area contributed by atoms with Gasteiger partial charge in [0.2, 0.25) is 11.0 Å². The molecule has 0 radical (unpaired) electrons. The summed E-state index contributed by atoms with van der Waals surface area (Å²) in [5, 5.41) is 19.1. The van der Waals surface area contributed by atoms with Gasteiger partial charge >= 0.3 is 0 Å². The zero-order valence-corrected chi connectivity index (χ0v) is 12.5. The summed E-state index contributed by atoms with van der Waals surface area (Å²) in [6, 6.07) is 2.17. The predicted molar refractivity (Wildman–Crippen MR) is 77.7 cm³/mol. The molecule has 7 nitrogen and oxygen atoms in total. The molecule has 2 rings (SSSR count). The van der Waals surface area contributed by atoms with Gasteiger partial charge in [0.25, 0.3) is 0 Å². The van der Waals surface area contributed by atoms with Crippen molar-refractivity contribution in [3.8, 4) is 0 Å². The highest BCUT2D eigenvalue weighted by Gasteiger charge is 2.15. The van der Waals surface area contributed by atoms with Crippen molar-refractivity contribution in [3.05, 3.63) is 23.5 Å². The lowest BCUT2D eigenvalue weighted by Crippen LogP contribution is -2.39. The zero-order valence-electron chi connectivity index (χ0n) is 11.7. The van der Waals surface area contributed by atoms with E-state index in [-0.39, 0.29) is 24.5 Å². The van der Waals surface area contributed by atoms with Crippen LogP contribution in [0.5, 0.6) is 0 Å². The topological polar surface area (TPSA) is 84.7 Å². The molecular formula is C12H18N6OS. The molecule has 2 aromatic rings. The number of carbonyl (C=O) groups excluding carboxylic acids is 1. The van der Waals surface area contributed by atoms with Gasteiger partial charge in [-0.15, -0.1) is 10.2 Å². The van der Waals surface area contributed by atoms with Crippen LogP contribution in [0.2, 0.25) is 0 Å². The number of aromatic nitrogens is 4. The third kappa shape index (κ3) is 3.84. The molecule has 0 saturated carbocycles. The first-order valence-electron chi connectivity index (χ1n) is 6.38. The fraction of sp³-hybridized carbons (Fsp3) is 0.500. The number of hydrogen-bond acceptors (Lipinski definition) is 6. The second-order valence-electron chi connectivity index (χ2n) is 4.57. The standard InChI is InChI=1S/C12H18N6OS/c1-8(9(2)18-6-4-5-14-18)13-7-11(19)15-12-17-16-10(3)20-12/h4-6,8-9,13H,7H2,1-3H3,(H,15,17,19)/t8-,9+/m1/s1. The van der Waals surface area contributed by atoms with E-state index in [1.54, 1.807) is 6.20 Å². The van der Waals surface area contributed by atoms with Crippen LogP contribution in [0, 0.1) is 6.92 Å². The van der Waals surface area contributed by atoms with E-state index >= 15 is 0 Å².